The van der Waals surface area contributed by atoms with Gasteiger partial charge in [-0.1, -0.05) is 23.4 Å². The zero-order valence-corrected chi connectivity index (χ0v) is 12.8. The number of nitrogen functional groups attached to an aromatic ring is 1. The van der Waals surface area contributed by atoms with Crippen LogP contribution in [0, 0.1) is 10.1 Å². The maximum atomic E-state index is 12.1. The number of nitrogens with two attached hydrogens (primary N) is 1. The van der Waals surface area contributed by atoms with Gasteiger partial charge in [-0.05, 0) is 13.0 Å². The van der Waals surface area contributed by atoms with Gasteiger partial charge < -0.3 is 11.1 Å². The number of nitro benzene ring substituents is 1. The topological polar surface area (TPSA) is 140 Å². The fraction of sp³-hybridized carbons (Fsp3) is 0.182. The molecule has 0 bridgehead atoms. The largest absolute Gasteiger partial charge is 0.368 e. The number of non-ortho nitro benzene ring substituents is 1. The number of halogens is 1. The Hall–Kier alpha value is -2.33. The molecule has 1 aromatic heterocycles. The lowest BCUT2D eigenvalue weighted by Crippen LogP contribution is -2.22. The second-order valence-electron chi connectivity index (χ2n) is 4.17. The smallest absolute Gasteiger partial charge is 0.271 e. The molecule has 0 saturated heterocycles. The fourth-order valence-corrected chi connectivity index (χ4v) is 2.43. The molecule has 116 valence electrons. The van der Waals surface area contributed by atoms with E-state index in [0.29, 0.717) is 10.8 Å². The van der Waals surface area contributed by atoms with Gasteiger partial charge in [-0.3, -0.25) is 14.9 Å². The molecule has 1 aromatic carbocycles. The average Bonchev–Trinajstić information content (AvgIpc) is 2.85. The summed E-state index contributed by atoms with van der Waals surface area (Å²) in [6.07, 6.45) is 0. The zero-order valence-electron chi connectivity index (χ0n) is 11.2. The standard InChI is InChI=1S/C11H11ClN6O3S/c1-5(22-11-15-10(13)16-17-11)9(19)14-8-3-2-6(18(20)21)4-7(8)12/h2-5H,1H3,(H,14,19)(H3,13,15,16,17). The summed E-state index contributed by atoms with van der Waals surface area (Å²) in [5.41, 5.74) is 5.54. The van der Waals surface area contributed by atoms with Crippen molar-refractivity contribution in [3.05, 3.63) is 33.3 Å². The number of carbonyl (C=O) groups excluding carboxylic acids is 1. The molecule has 2 rings (SSSR count). The number of rotatable bonds is 5. The van der Waals surface area contributed by atoms with E-state index in [4.69, 9.17) is 17.3 Å². The number of aromatic nitrogens is 3. The summed E-state index contributed by atoms with van der Waals surface area (Å²) in [6.45, 7) is 1.66. The molecule has 1 unspecified atom stereocenters. The minimum absolute atomic E-state index is 0.0851. The van der Waals surface area contributed by atoms with Crippen molar-refractivity contribution in [2.45, 2.75) is 17.3 Å². The molecule has 1 heterocycles. The molecule has 0 saturated carbocycles. The molecule has 1 atom stereocenters. The van der Waals surface area contributed by atoms with Crippen molar-refractivity contribution in [2.75, 3.05) is 11.1 Å². The van der Waals surface area contributed by atoms with Gasteiger partial charge >= 0.3 is 0 Å². The third-order valence-electron chi connectivity index (χ3n) is 2.55. The maximum Gasteiger partial charge on any atom is 0.271 e. The van der Waals surface area contributed by atoms with Gasteiger partial charge in [-0.25, -0.2) is 5.10 Å². The Balaban J connectivity index is 2.03. The Morgan fingerprint density at radius 3 is 2.86 bits per heavy atom. The van der Waals surface area contributed by atoms with E-state index in [1.807, 2.05) is 0 Å². The third-order valence-corrected chi connectivity index (χ3v) is 3.83. The van der Waals surface area contributed by atoms with Crippen molar-refractivity contribution in [2.24, 2.45) is 0 Å². The summed E-state index contributed by atoms with van der Waals surface area (Å²) in [4.78, 5) is 26.0. The van der Waals surface area contributed by atoms with Crippen LogP contribution in [0.1, 0.15) is 6.92 Å². The molecule has 22 heavy (non-hydrogen) atoms. The van der Waals surface area contributed by atoms with E-state index >= 15 is 0 Å². The molecule has 0 radical (unpaired) electrons. The van der Waals surface area contributed by atoms with Crippen molar-refractivity contribution < 1.29 is 9.72 Å². The van der Waals surface area contributed by atoms with Crippen LogP contribution in [0.15, 0.2) is 23.4 Å². The summed E-state index contributed by atoms with van der Waals surface area (Å²) < 4.78 is 0. The Bertz CT molecular complexity index is 722. The normalized spacial score (nSPS) is 11.9. The molecule has 4 N–H and O–H groups in total. The summed E-state index contributed by atoms with van der Waals surface area (Å²) in [5.74, 6) is -0.183. The zero-order chi connectivity index (χ0) is 16.3. The number of carbonyl (C=O) groups is 1. The SMILES string of the molecule is CC(Sc1n[nH]c(N)n1)C(=O)Nc1ccc([N+](=O)[O-])cc1Cl. The van der Waals surface area contributed by atoms with E-state index in [1.54, 1.807) is 6.92 Å². The monoisotopic (exact) mass is 342 g/mol. The van der Waals surface area contributed by atoms with Gasteiger partial charge in [0.2, 0.25) is 17.0 Å². The number of nitro groups is 1. The number of benzene rings is 1. The van der Waals surface area contributed by atoms with Crippen molar-refractivity contribution in [3.8, 4) is 0 Å². The first kappa shape index (κ1) is 16.0. The molecule has 0 aliphatic rings. The van der Waals surface area contributed by atoms with Gasteiger partial charge in [0.25, 0.3) is 5.69 Å². The number of anilines is 2. The number of nitrogens with zero attached hydrogens (tertiary/aromatic N) is 3. The first-order valence-corrected chi connectivity index (χ1v) is 7.22. The number of thioether (sulfide) groups is 1. The summed E-state index contributed by atoms with van der Waals surface area (Å²) in [6, 6.07) is 3.81. The van der Waals surface area contributed by atoms with Gasteiger partial charge in [0, 0.05) is 12.1 Å². The molecule has 0 spiro atoms. The van der Waals surface area contributed by atoms with E-state index < -0.39 is 10.2 Å². The lowest BCUT2D eigenvalue weighted by atomic mass is 10.2. The van der Waals surface area contributed by atoms with E-state index in [0.717, 1.165) is 11.8 Å². The predicted octanol–water partition coefficient (Wildman–Crippen LogP) is 2.07. The molecule has 0 aliphatic heterocycles. The van der Waals surface area contributed by atoms with Crippen LogP contribution >= 0.6 is 23.4 Å². The van der Waals surface area contributed by atoms with Gasteiger partial charge in [0.05, 0.1) is 20.9 Å². The Morgan fingerprint density at radius 2 is 2.32 bits per heavy atom. The molecular formula is C11H11ClN6O3S. The highest BCUT2D eigenvalue weighted by molar-refractivity contribution is 8.00. The first-order chi connectivity index (χ1) is 10.4. The van der Waals surface area contributed by atoms with Crippen LogP contribution in [0.25, 0.3) is 0 Å². The Morgan fingerprint density at radius 1 is 1.59 bits per heavy atom. The second kappa shape index (κ2) is 6.62. The van der Waals surface area contributed by atoms with Crippen molar-refractivity contribution in [1.82, 2.24) is 15.2 Å². The van der Waals surface area contributed by atoms with Crippen LogP contribution in [0.5, 0.6) is 0 Å². The van der Waals surface area contributed by atoms with Crippen molar-refractivity contribution in [1.29, 1.82) is 0 Å². The van der Waals surface area contributed by atoms with Crippen LogP contribution < -0.4 is 11.1 Å². The van der Waals surface area contributed by atoms with Crippen LogP contribution in [0.4, 0.5) is 17.3 Å². The molecule has 0 fully saturated rings. The minimum Gasteiger partial charge on any atom is -0.368 e. The highest BCUT2D eigenvalue weighted by Gasteiger charge is 2.19. The molecule has 1 amide bonds. The van der Waals surface area contributed by atoms with Crippen LogP contribution in [0.3, 0.4) is 0 Å². The van der Waals surface area contributed by atoms with Gasteiger partial charge in [0.1, 0.15) is 0 Å². The summed E-state index contributed by atoms with van der Waals surface area (Å²) in [5, 5.41) is 19.4. The molecule has 0 aliphatic carbocycles. The average molecular weight is 343 g/mol. The van der Waals surface area contributed by atoms with Gasteiger partial charge in [0.15, 0.2) is 0 Å². The maximum absolute atomic E-state index is 12.1. The van der Waals surface area contributed by atoms with Crippen molar-refractivity contribution in [3.63, 3.8) is 0 Å². The number of hydrogen-bond donors (Lipinski definition) is 3. The first-order valence-electron chi connectivity index (χ1n) is 5.96. The molecule has 2 aromatic rings. The molecule has 9 nitrogen and oxygen atoms in total. The highest BCUT2D eigenvalue weighted by Crippen LogP contribution is 2.28. The highest BCUT2D eigenvalue weighted by atomic mass is 35.5. The quantitative estimate of drug-likeness (QED) is 0.429. The van der Waals surface area contributed by atoms with Gasteiger partial charge in [-0.15, -0.1) is 5.10 Å². The summed E-state index contributed by atoms with van der Waals surface area (Å²) in [7, 11) is 0. The van der Waals surface area contributed by atoms with E-state index in [2.05, 4.69) is 20.5 Å². The number of H-pyrrole nitrogens is 1. The lowest BCUT2D eigenvalue weighted by molar-refractivity contribution is -0.384. The number of amides is 1. The third kappa shape index (κ3) is 3.86. The Labute approximate surface area is 133 Å². The van der Waals surface area contributed by atoms with Crippen LogP contribution in [-0.4, -0.2) is 31.3 Å². The lowest BCUT2D eigenvalue weighted by Gasteiger charge is -2.11. The van der Waals surface area contributed by atoms with E-state index in [-0.39, 0.29) is 22.6 Å². The van der Waals surface area contributed by atoms with Crippen molar-refractivity contribution >= 4 is 46.6 Å². The van der Waals surface area contributed by atoms with Gasteiger partial charge in [-0.2, -0.15) is 4.98 Å². The van der Waals surface area contributed by atoms with Crippen LogP contribution in [-0.2, 0) is 4.79 Å². The number of nitrogens with one attached hydrogen (secondary N) is 2. The van der Waals surface area contributed by atoms with Crippen LogP contribution in [0.2, 0.25) is 5.02 Å². The molecule has 11 heteroatoms. The number of hydrogen-bond acceptors (Lipinski definition) is 7. The second-order valence-corrected chi connectivity index (χ2v) is 5.89. The molecular weight excluding hydrogens is 332 g/mol. The minimum atomic E-state index is -0.566. The number of aromatic amines is 1. The Kier molecular flexibility index (Phi) is 4.83. The summed E-state index contributed by atoms with van der Waals surface area (Å²) >= 11 is 7.02. The van der Waals surface area contributed by atoms with E-state index in [1.165, 1.54) is 18.2 Å². The predicted molar refractivity (Wildman–Crippen MR) is 82.9 cm³/mol. The van der Waals surface area contributed by atoms with E-state index in [9.17, 15) is 14.9 Å². The fourth-order valence-electron chi connectivity index (χ4n) is 1.48.